The van der Waals surface area contributed by atoms with E-state index in [1.807, 2.05) is 6.26 Å². The van der Waals surface area contributed by atoms with Gasteiger partial charge in [0, 0.05) is 0 Å². The Morgan fingerprint density at radius 2 is 2.55 bits per heavy atom. The third kappa shape index (κ3) is 2.40. The number of rotatable bonds is 2. The van der Waals surface area contributed by atoms with Gasteiger partial charge in [-0.2, -0.15) is 0 Å². The molecule has 2 nitrogen and oxygen atoms in total. The Morgan fingerprint density at radius 1 is 1.82 bits per heavy atom. The minimum atomic E-state index is 0.106. The molecule has 1 saturated heterocycles. The van der Waals surface area contributed by atoms with Crippen molar-refractivity contribution >= 4 is 28.2 Å². The highest BCUT2D eigenvalue weighted by molar-refractivity contribution is 8.22. The van der Waals surface area contributed by atoms with Gasteiger partial charge in [-0.25, -0.2) is 0 Å². The molecule has 0 radical (unpaired) electrons. The van der Waals surface area contributed by atoms with Crippen LogP contribution in [0.5, 0.6) is 0 Å². The molecule has 0 bridgehead atoms. The summed E-state index contributed by atoms with van der Waals surface area (Å²) in [6, 6.07) is 0.106. The Hall–Kier alpha value is 0.360. The molecular weight excluding hydrogens is 176 g/mol. The first kappa shape index (κ1) is 9.45. The van der Waals surface area contributed by atoms with Gasteiger partial charge in [0.05, 0.1) is 10.2 Å². The lowest BCUT2D eigenvalue weighted by Gasteiger charge is -2.17. The predicted octanol–water partition coefficient (Wildman–Crippen LogP) is 0.614. The number of thiocarbonyl (C=S) groups is 1. The zero-order valence-corrected chi connectivity index (χ0v) is 8.30. The van der Waals surface area contributed by atoms with Crippen LogP contribution in [-0.4, -0.2) is 29.6 Å². The fraction of sp³-hybridized carbons (Fsp3) is 0.857. The average molecular weight is 190 g/mol. The molecule has 1 fully saturated rings. The van der Waals surface area contributed by atoms with E-state index in [-0.39, 0.29) is 6.04 Å². The highest BCUT2D eigenvalue weighted by Crippen LogP contribution is 2.16. The van der Waals surface area contributed by atoms with Gasteiger partial charge in [-0.15, -0.1) is 11.8 Å². The van der Waals surface area contributed by atoms with Crippen molar-refractivity contribution in [3.8, 4) is 0 Å². The van der Waals surface area contributed by atoms with Crippen LogP contribution in [0.3, 0.4) is 0 Å². The van der Waals surface area contributed by atoms with Crippen LogP contribution >= 0.6 is 24.0 Å². The number of nitrogens with two attached hydrogens (primary N) is 1. The molecule has 0 amide bonds. The van der Waals surface area contributed by atoms with Crippen molar-refractivity contribution in [2.24, 2.45) is 11.7 Å². The summed E-state index contributed by atoms with van der Waals surface area (Å²) in [5.74, 6) is 0.565. The summed E-state index contributed by atoms with van der Waals surface area (Å²) in [7, 11) is 0. The van der Waals surface area contributed by atoms with Gasteiger partial charge < -0.3 is 11.1 Å². The summed E-state index contributed by atoms with van der Waals surface area (Å²) in [5, 5.41) is 3.28. The van der Waals surface area contributed by atoms with Crippen molar-refractivity contribution in [2.45, 2.75) is 12.5 Å². The lowest BCUT2D eigenvalue weighted by molar-refractivity contribution is 0.546. The Morgan fingerprint density at radius 3 is 3.00 bits per heavy atom. The lowest BCUT2D eigenvalue weighted by Crippen LogP contribution is -2.36. The summed E-state index contributed by atoms with van der Waals surface area (Å²) < 4.78 is 0.943. The van der Waals surface area contributed by atoms with E-state index in [4.69, 9.17) is 18.0 Å². The van der Waals surface area contributed by atoms with Gasteiger partial charge in [-0.1, -0.05) is 12.2 Å². The first-order chi connectivity index (χ1) is 5.25. The van der Waals surface area contributed by atoms with E-state index in [0.29, 0.717) is 5.92 Å². The van der Waals surface area contributed by atoms with Crippen molar-refractivity contribution < 1.29 is 0 Å². The van der Waals surface area contributed by atoms with Crippen molar-refractivity contribution in [2.75, 3.05) is 19.3 Å². The van der Waals surface area contributed by atoms with Gasteiger partial charge in [0.1, 0.15) is 0 Å². The zero-order chi connectivity index (χ0) is 8.27. The second-order valence-corrected chi connectivity index (χ2v) is 4.35. The van der Waals surface area contributed by atoms with Gasteiger partial charge in [-0.05, 0) is 31.7 Å². The molecular formula is C7H14N2S2. The van der Waals surface area contributed by atoms with Crippen molar-refractivity contribution in [1.29, 1.82) is 0 Å². The summed E-state index contributed by atoms with van der Waals surface area (Å²) >= 11 is 6.72. The molecule has 1 aliphatic rings. The molecule has 1 rings (SSSR count). The minimum Gasteiger partial charge on any atom is -0.323 e. The fourth-order valence-electron chi connectivity index (χ4n) is 1.31. The Balaban J connectivity index is 2.39. The number of hydrogen-bond donors (Lipinski definition) is 2. The third-order valence-corrected chi connectivity index (χ3v) is 3.53. The highest BCUT2D eigenvalue weighted by Gasteiger charge is 2.23. The van der Waals surface area contributed by atoms with Gasteiger partial charge in [-0.3, -0.25) is 0 Å². The van der Waals surface area contributed by atoms with Gasteiger partial charge in [0.2, 0.25) is 0 Å². The molecule has 0 aromatic rings. The van der Waals surface area contributed by atoms with Gasteiger partial charge in [0.25, 0.3) is 0 Å². The van der Waals surface area contributed by atoms with Crippen molar-refractivity contribution in [1.82, 2.24) is 5.32 Å². The normalized spacial score (nSPS) is 26.9. The monoisotopic (exact) mass is 190 g/mol. The predicted molar refractivity (Wildman–Crippen MR) is 55.1 cm³/mol. The first-order valence-corrected chi connectivity index (χ1v) is 5.43. The molecule has 64 valence electrons. The van der Waals surface area contributed by atoms with Crippen LogP contribution in [0.15, 0.2) is 0 Å². The Bertz CT molecular complexity index is 143. The van der Waals surface area contributed by atoms with E-state index < -0.39 is 0 Å². The third-order valence-electron chi connectivity index (χ3n) is 2.08. The zero-order valence-electron chi connectivity index (χ0n) is 6.67. The average Bonchev–Trinajstić information content (AvgIpc) is 2.53. The van der Waals surface area contributed by atoms with E-state index in [2.05, 4.69) is 5.32 Å². The summed E-state index contributed by atoms with van der Waals surface area (Å²) in [6.07, 6.45) is 3.16. The minimum absolute atomic E-state index is 0.106. The van der Waals surface area contributed by atoms with E-state index in [9.17, 15) is 0 Å². The SMILES string of the molecule is CSC(=S)C(N)C1CCNC1. The molecule has 11 heavy (non-hydrogen) atoms. The van der Waals surface area contributed by atoms with Crippen LogP contribution in [0.2, 0.25) is 0 Å². The molecule has 0 spiro atoms. The second kappa shape index (κ2) is 4.40. The standard InChI is InChI=1S/C7H14N2S2/c1-11-7(10)6(8)5-2-3-9-4-5/h5-6,9H,2-4,8H2,1H3. The van der Waals surface area contributed by atoms with E-state index in [0.717, 1.165) is 17.3 Å². The van der Waals surface area contributed by atoms with Crippen LogP contribution < -0.4 is 11.1 Å². The molecule has 1 aliphatic heterocycles. The second-order valence-electron chi connectivity index (χ2n) is 2.80. The van der Waals surface area contributed by atoms with Crippen LogP contribution in [0.1, 0.15) is 6.42 Å². The van der Waals surface area contributed by atoms with Crippen LogP contribution in [0.4, 0.5) is 0 Å². The number of hydrogen-bond acceptors (Lipinski definition) is 4. The van der Waals surface area contributed by atoms with Crippen LogP contribution in [0.25, 0.3) is 0 Å². The molecule has 0 aromatic heterocycles. The van der Waals surface area contributed by atoms with Crippen LogP contribution in [0, 0.1) is 5.92 Å². The summed E-state index contributed by atoms with van der Waals surface area (Å²) in [5.41, 5.74) is 5.93. The first-order valence-electron chi connectivity index (χ1n) is 3.80. The lowest BCUT2D eigenvalue weighted by atomic mass is 10.0. The van der Waals surface area contributed by atoms with Gasteiger partial charge in [0.15, 0.2) is 0 Å². The van der Waals surface area contributed by atoms with Crippen LogP contribution in [-0.2, 0) is 0 Å². The molecule has 2 atom stereocenters. The smallest absolute Gasteiger partial charge is 0.0647 e. The molecule has 1 heterocycles. The number of thioether (sulfide) groups is 1. The molecule has 0 saturated carbocycles. The van der Waals surface area contributed by atoms with E-state index in [1.54, 1.807) is 11.8 Å². The van der Waals surface area contributed by atoms with Crippen molar-refractivity contribution in [3.63, 3.8) is 0 Å². The molecule has 0 aromatic carbocycles. The summed E-state index contributed by atoms with van der Waals surface area (Å²) in [6.45, 7) is 2.12. The van der Waals surface area contributed by atoms with Gasteiger partial charge >= 0.3 is 0 Å². The maximum atomic E-state index is 5.93. The summed E-state index contributed by atoms with van der Waals surface area (Å²) in [4.78, 5) is 0. The highest BCUT2D eigenvalue weighted by atomic mass is 32.2. The van der Waals surface area contributed by atoms with E-state index >= 15 is 0 Å². The largest absolute Gasteiger partial charge is 0.323 e. The molecule has 4 heteroatoms. The van der Waals surface area contributed by atoms with Crippen molar-refractivity contribution in [3.05, 3.63) is 0 Å². The molecule has 0 aliphatic carbocycles. The fourth-order valence-corrected chi connectivity index (χ4v) is 1.97. The number of nitrogens with one attached hydrogen (secondary N) is 1. The maximum Gasteiger partial charge on any atom is 0.0647 e. The maximum absolute atomic E-state index is 5.93. The van der Waals surface area contributed by atoms with E-state index in [1.165, 1.54) is 6.42 Å². The topological polar surface area (TPSA) is 38.0 Å². The molecule has 3 N–H and O–H groups in total. The molecule has 2 unspecified atom stereocenters. The Labute approximate surface area is 77.3 Å². The quantitative estimate of drug-likeness (QED) is 0.626. The Kier molecular flexibility index (Phi) is 3.78.